The number of nitrogens with one attached hydrogen (secondary N) is 2. The SMILES string of the molecule is CNc1ccc([C@]2(NC(=O)c3ccc(F)cc3)C[C@@H]2C)nc1C(C)C.[HH].[HH]. The third kappa shape index (κ3) is 3.23. The van der Waals surface area contributed by atoms with E-state index in [4.69, 9.17) is 4.98 Å². The molecule has 0 aliphatic heterocycles. The summed E-state index contributed by atoms with van der Waals surface area (Å²) in [4.78, 5) is 17.4. The van der Waals surface area contributed by atoms with Crippen molar-refractivity contribution in [2.45, 2.75) is 38.6 Å². The number of hydrogen-bond acceptors (Lipinski definition) is 3. The quantitative estimate of drug-likeness (QED) is 0.836. The van der Waals surface area contributed by atoms with Gasteiger partial charge in [-0.15, -0.1) is 0 Å². The number of halogens is 1. The maximum absolute atomic E-state index is 13.1. The van der Waals surface area contributed by atoms with Gasteiger partial charge in [0.15, 0.2) is 0 Å². The Morgan fingerprint density at radius 3 is 2.44 bits per heavy atom. The van der Waals surface area contributed by atoms with Gasteiger partial charge in [0.1, 0.15) is 5.82 Å². The van der Waals surface area contributed by atoms with E-state index in [1.54, 1.807) is 0 Å². The molecule has 5 heteroatoms. The summed E-state index contributed by atoms with van der Waals surface area (Å²) >= 11 is 0. The van der Waals surface area contributed by atoms with Crippen LogP contribution in [0, 0.1) is 11.7 Å². The highest BCUT2D eigenvalue weighted by Crippen LogP contribution is 2.51. The molecule has 1 aliphatic rings. The number of benzene rings is 1. The van der Waals surface area contributed by atoms with Crippen LogP contribution in [0.5, 0.6) is 0 Å². The largest absolute Gasteiger partial charge is 0.387 e. The molecule has 1 aliphatic carbocycles. The number of carbonyl (C=O) groups is 1. The Morgan fingerprint density at radius 2 is 1.92 bits per heavy atom. The summed E-state index contributed by atoms with van der Waals surface area (Å²) in [7, 11) is 1.88. The van der Waals surface area contributed by atoms with Crippen LogP contribution in [0.15, 0.2) is 36.4 Å². The van der Waals surface area contributed by atoms with E-state index in [1.165, 1.54) is 24.3 Å². The van der Waals surface area contributed by atoms with Crippen LogP contribution in [0.2, 0.25) is 0 Å². The fraction of sp³-hybridized carbons (Fsp3) is 0.400. The van der Waals surface area contributed by atoms with Gasteiger partial charge in [-0.05, 0) is 54.7 Å². The average Bonchev–Trinajstić information content (AvgIpc) is 3.25. The zero-order chi connectivity index (χ0) is 18.2. The highest BCUT2D eigenvalue weighted by molar-refractivity contribution is 5.95. The van der Waals surface area contributed by atoms with Gasteiger partial charge in [0, 0.05) is 15.5 Å². The second-order valence-corrected chi connectivity index (χ2v) is 7.07. The van der Waals surface area contributed by atoms with E-state index in [-0.39, 0.29) is 20.5 Å². The zero-order valence-electron chi connectivity index (χ0n) is 15.1. The van der Waals surface area contributed by atoms with Crippen molar-refractivity contribution in [3.05, 3.63) is 59.2 Å². The van der Waals surface area contributed by atoms with Crippen LogP contribution in [0.4, 0.5) is 10.1 Å². The zero-order valence-corrected chi connectivity index (χ0v) is 15.1. The summed E-state index contributed by atoms with van der Waals surface area (Å²) in [5.74, 6) is 0.0399. The van der Waals surface area contributed by atoms with E-state index in [0.717, 1.165) is 23.5 Å². The number of carbonyl (C=O) groups excluding carboxylic acids is 1. The van der Waals surface area contributed by atoms with Crippen LogP contribution in [-0.4, -0.2) is 17.9 Å². The molecule has 1 aromatic carbocycles. The molecule has 2 N–H and O–H groups in total. The second-order valence-electron chi connectivity index (χ2n) is 7.07. The maximum atomic E-state index is 13.1. The topological polar surface area (TPSA) is 54.0 Å². The van der Waals surface area contributed by atoms with Crippen LogP contribution in [0.3, 0.4) is 0 Å². The van der Waals surface area contributed by atoms with Crippen molar-refractivity contribution >= 4 is 11.6 Å². The third-order valence-corrected chi connectivity index (χ3v) is 4.95. The minimum absolute atomic E-state index is 0. The van der Waals surface area contributed by atoms with Crippen molar-refractivity contribution in [2.75, 3.05) is 12.4 Å². The lowest BCUT2D eigenvalue weighted by Crippen LogP contribution is -2.37. The molecule has 1 amide bonds. The molecule has 1 fully saturated rings. The van der Waals surface area contributed by atoms with Crippen molar-refractivity contribution in [1.29, 1.82) is 0 Å². The number of amides is 1. The first kappa shape index (κ1) is 17.4. The van der Waals surface area contributed by atoms with Gasteiger partial charge in [0.2, 0.25) is 0 Å². The predicted octanol–water partition coefficient (Wildman–Crippen LogP) is 4.54. The van der Waals surface area contributed by atoms with Crippen LogP contribution in [-0.2, 0) is 5.54 Å². The summed E-state index contributed by atoms with van der Waals surface area (Å²) in [6.07, 6.45) is 0.851. The minimum atomic E-state index is -0.443. The highest BCUT2D eigenvalue weighted by Gasteiger charge is 2.55. The fourth-order valence-electron chi connectivity index (χ4n) is 3.27. The lowest BCUT2D eigenvalue weighted by Gasteiger charge is -2.21. The Bertz CT molecular complexity index is 798. The van der Waals surface area contributed by atoms with Gasteiger partial charge in [-0.3, -0.25) is 9.78 Å². The van der Waals surface area contributed by atoms with Gasteiger partial charge in [-0.2, -0.15) is 0 Å². The average molecular weight is 345 g/mol. The molecule has 1 saturated carbocycles. The molecule has 1 heterocycles. The molecule has 25 heavy (non-hydrogen) atoms. The molecule has 4 nitrogen and oxygen atoms in total. The molecule has 0 unspecified atom stereocenters. The van der Waals surface area contributed by atoms with Crippen LogP contribution in [0.1, 0.15) is 57.7 Å². The first-order valence-corrected chi connectivity index (χ1v) is 8.64. The smallest absolute Gasteiger partial charge is 0.252 e. The van der Waals surface area contributed by atoms with Gasteiger partial charge in [-0.1, -0.05) is 20.8 Å². The Morgan fingerprint density at radius 1 is 1.28 bits per heavy atom. The van der Waals surface area contributed by atoms with Gasteiger partial charge in [0.25, 0.3) is 5.91 Å². The van der Waals surface area contributed by atoms with E-state index < -0.39 is 5.54 Å². The number of hydrogen-bond donors (Lipinski definition) is 2. The number of pyridine rings is 1. The van der Waals surface area contributed by atoms with E-state index >= 15 is 0 Å². The van der Waals surface area contributed by atoms with Crippen LogP contribution < -0.4 is 10.6 Å². The normalized spacial score (nSPS) is 21.9. The molecule has 2 atom stereocenters. The number of nitrogens with zero attached hydrogens (tertiary/aromatic N) is 1. The molecular formula is C20H28FN3O. The van der Waals surface area contributed by atoms with Crippen molar-refractivity contribution in [1.82, 2.24) is 10.3 Å². The van der Waals surface area contributed by atoms with Crippen molar-refractivity contribution < 1.29 is 12.0 Å². The lowest BCUT2D eigenvalue weighted by molar-refractivity contribution is 0.0926. The van der Waals surface area contributed by atoms with Crippen LogP contribution in [0.25, 0.3) is 0 Å². The Hall–Kier alpha value is -2.43. The molecule has 3 rings (SSSR count). The van der Waals surface area contributed by atoms with Crippen molar-refractivity contribution in [3.8, 4) is 0 Å². The summed E-state index contributed by atoms with van der Waals surface area (Å²) in [6.45, 7) is 6.31. The van der Waals surface area contributed by atoms with Crippen LogP contribution >= 0.6 is 0 Å². The summed E-state index contributed by atoms with van der Waals surface area (Å²) in [5, 5.41) is 6.30. The maximum Gasteiger partial charge on any atom is 0.252 e. The number of anilines is 1. The van der Waals surface area contributed by atoms with Gasteiger partial charge < -0.3 is 10.6 Å². The van der Waals surface area contributed by atoms with Gasteiger partial charge >= 0.3 is 0 Å². The van der Waals surface area contributed by atoms with Gasteiger partial charge in [0.05, 0.1) is 22.6 Å². The molecule has 0 spiro atoms. The van der Waals surface area contributed by atoms with E-state index in [1.807, 2.05) is 19.2 Å². The number of rotatable bonds is 5. The van der Waals surface area contributed by atoms with Gasteiger partial charge in [-0.25, -0.2) is 4.39 Å². The Labute approximate surface area is 150 Å². The first-order chi connectivity index (χ1) is 11.9. The Kier molecular flexibility index (Phi) is 4.50. The predicted molar refractivity (Wildman–Crippen MR) is 101 cm³/mol. The summed E-state index contributed by atoms with van der Waals surface area (Å²) in [5.41, 5.74) is 2.90. The molecule has 0 saturated heterocycles. The highest BCUT2D eigenvalue weighted by atomic mass is 19.1. The minimum Gasteiger partial charge on any atom is -0.387 e. The molecular weight excluding hydrogens is 317 g/mol. The third-order valence-electron chi connectivity index (χ3n) is 4.95. The van der Waals surface area contributed by atoms with Crippen molar-refractivity contribution in [2.24, 2.45) is 5.92 Å². The van der Waals surface area contributed by atoms with E-state index in [9.17, 15) is 9.18 Å². The number of aromatic nitrogens is 1. The molecule has 1 aromatic heterocycles. The summed E-state index contributed by atoms with van der Waals surface area (Å²) in [6, 6.07) is 9.61. The fourth-order valence-corrected chi connectivity index (χ4v) is 3.27. The monoisotopic (exact) mass is 345 g/mol. The lowest BCUT2D eigenvalue weighted by atomic mass is 10.0. The molecule has 0 bridgehead atoms. The Balaban J connectivity index is 0.00000182. The van der Waals surface area contributed by atoms with Crippen molar-refractivity contribution in [3.63, 3.8) is 0 Å². The van der Waals surface area contributed by atoms with E-state index in [2.05, 4.69) is 31.4 Å². The molecule has 136 valence electrons. The second kappa shape index (κ2) is 6.47. The standard InChI is InChI=1S/C20H24FN3O.2H2/c1-12(2)18-16(22-4)9-10-17(23-18)20(11-13(20)3)24-19(25)14-5-7-15(21)8-6-14;;/h5-10,12-13,22H,11H2,1-4H3,(H,24,25);2*1H/t13-,20-;;/m0../s1. The first-order valence-electron chi connectivity index (χ1n) is 8.64. The summed E-state index contributed by atoms with van der Waals surface area (Å²) < 4.78 is 13.1. The molecule has 0 radical (unpaired) electrons. The molecule has 2 aromatic rings. The van der Waals surface area contributed by atoms with E-state index in [0.29, 0.717) is 11.5 Å².